The second-order valence-electron chi connectivity index (χ2n) is 6.63. The van der Waals surface area contributed by atoms with Gasteiger partial charge in [-0.1, -0.05) is 19.0 Å². The first-order valence-corrected chi connectivity index (χ1v) is 8.31. The molecule has 1 aromatic carbocycles. The Bertz CT molecular complexity index is 930. The zero-order chi connectivity index (χ0) is 18.1. The van der Waals surface area contributed by atoms with Gasteiger partial charge >= 0.3 is 0 Å². The predicted molar refractivity (Wildman–Crippen MR) is 95.4 cm³/mol. The van der Waals surface area contributed by atoms with Crippen LogP contribution in [-0.4, -0.2) is 33.0 Å². The van der Waals surface area contributed by atoms with Gasteiger partial charge in [0.1, 0.15) is 0 Å². The van der Waals surface area contributed by atoms with E-state index in [9.17, 15) is 4.79 Å². The third kappa shape index (κ3) is 3.52. The van der Waals surface area contributed by atoms with Gasteiger partial charge in [0.2, 0.25) is 0 Å². The smallest absolute Gasteiger partial charge is 0.254 e. The summed E-state index contributed by atoms with van der Waals surface area (Å²) in [4.78, 5) is 23.3. The first-order chi connectivity index (χ1) is 11.8. The van der Waals surface area contributed by atoms with E-state index in [2.05, 4.69) is 29.0 Å². The molecule has 0 unspecified atom stereocenters. The highest BCUT2D eigenvalue weighted by Crippen LogP contribution is 2.18. The molecule has 0 radical (unpaired) electrons. The summed E-state index contributed by atoms with van der Waals surface area (Å²) in [5.41, 5.74) is 4.75. The highest BCUT2D eigenvalue weighted by atomic mass is 16.5. The topological polar surface area (TPSA) is 72.1 Å². The Hall–Kier alpha value is -2.76. The van der Waals surface area contributed by atoms with E-state index in [4.69, 9.17) is 4.52 Å². The minimum atomic E-state index is -0.0931. The molecule has 3 rings (SSSR count). The van der Waals surface area contributed by atoms with Crippen molar-refractivity contribution in [2.24, 2.45) is 0 Å². The maximum Gasteiger partial charge on any atom is 0.254 e. The highest BCUT2D eigenvalue weighted by molar-refractivity contribution is 5.97. The lowest BCUT2D eigenvalue weighted by Crippen LogP contribution is -2.26. The van der Waals surface area contributed by atoms with Crippen LogP contribution in [0, 0.1) is 13.8 Å². The van der Waals surface area contributed by atoms with E-state index < -0.39 is 0 Å². The summed E-state index contributed by atoms with van der Waals surface area (Å²) in [5.74, 6) is 0.875. The molecule has 0 saturated carbocycles. The van der Waals surface area contributed by atoms with Crippen LogP contribution in [0.1, 0.15) is 53.0 Å². The largest absolute Gasteiger partial charge is 0.359 e. The van der Waals surface area contributed by atoms with Gasteiger partial charge < -0.3 is 9.42 Å². The fraction of sp³-hybridized carbons (Fsp3) is 0.368. The number of rotatable bonds is 4. The van der Waals surface area contributed by atoms with Crippen LogP contribution in [0.15, 0.2) is 28.8 Å². The SMILES string of the molecule is Cc1nc2ccc(C(=O)N(C)Cc3cc(C(C)C)no3)cc2nc1C. The molecule has 25 heavy (non-hydrogen) atoms. The number of carbonyl (C=O) groups excluding carboxylic acids is 1. The molecular weight excluding hydrogens is 316 g/mol. The number of benzene rings is 1. The van der Waals surface area contributed by atoms with Crippen LogP contribution >= 0.6 is 0 Å². The number of fused-ring (bicyclic) bond motifs is 1. The number of hydrogen-bond donors (Lipinski definition) is 0. The van der Waals surface area contributed by atoms with E-state index >= 15 is 0 Å². The van der Waals surface area contributed by atoms with Crippen molar-refractivity contribution in [1.29, 1.82) is 0 Å². The number of amides is 1. The quantitative estimate of drug-likeness (QED) is 0.726. The summed E-state index contributed by atoms with van der Waals surface area (Å²) < 4.78 is 5.32. The van der Waals surface area contributed by atoms with Crippen molar-refractivity contribution < 1.29 is 9.32 Å². The highest BCUT2D eigenvalue weighted by Gasteiger charge is 2.16. The van der Waals surface area contributed by atoms with Gasteiger partial charge in [-0.2, -0.15) is 0 Å². The molecule has 3 aromatic rings. The molecule has 0 aliphatic rings. The van der Waals surface area contributed by atoms with Gasteiger partial charge in [-0.25, -0.2) is 9.97 Å². The lowest BCUT2D eigenvalue weighted by molar-refractivity contribution is 0.0772. The summed E-state index contributed by atoms with van der Waals surface area (Å²) in [7, 11) is 1.75. The molecule has 2 heterocycles. The molecule has 0 fully saturated rings. The standard InChI is InChI=1S/C19H22N4O2/c1-11(2)17-9-15(25-22-17)10-23(5)19(24)14-6-7-16-18(8-14)21-13(4)12(3)20-16/h6-9,11H,10H2,1-5H3. The molecule has 0 N–H and O–H groups in total. The lowest BCUT2D eigenvalue weighted by Gasteiger charge is -2.15. The van der Waals surface area contributed by atoms with Crippen molar-refractivity contribution in [3.05, 3.63) is 52.7 Å². The monoisotopic (exact) mass is 338 g/mol. The van der Waals surface area contributed by atoms with Crippen molar-refractivity contribution in [2.45, 2.75) is 40.2 Å². The maximum atomic E-state index is 12.7. The normalized spacial score (nSPS) is 11.3. The second kappa shape index (κ2) is 6.63. The molecule has 130 valence electrons. The van der Waals surface area contributed by atoms with Crippen molar-refractivity contribution >= 4 is 16.9 Å². The van der Waals surface area contributed by atoms with Crippen LogP contribution < -0.4 is 0 Å². The fourth-order valence-electron chi connectivity index (χ4n) is 2.57. The average Bonchev–Trinajstić information content (AvgIpc) is 3.03. The molecule has 2 aromatic heterocycles. The third-order valence-electron chi connectivity index (χ3n) is 4.23. The molecule has 0 bridgehead atoms. The Balaban J connectivity index is 1.81. The number of aromatic nitrogens is 3. The minimum absolute atomic E-state index is 0.0931. The molecule has 0 saturated heterocycles. The second-order valence-corrected chi connectivity index (χ2v) is 6.63. The van der Waals surface area contributed by atoms with Gasteiger partial charge in [-0.3, -0.25) is 4.79 Å². The molecule has 0 spiro atoms. The zero-order valence-electron chi connectivity index (χ0n) is 15.2. The van der Waals surface area contributed by atoms with E-state index in [1.54, 1.807) is 24.1 Å². The summed E-state index contributed by atoms with van der Waals surface area (Å²) in [5, 5.41) is 4.03. The summed E-state index contributed by atoms with van der Waals surface area (Å²) in [6.45, 7) is 8.32. The van der Waals surface area contributed by atoms with Crippen LogP contribution in [0.4, 0.5) is 0 Å². The lowest BCUT2D eigenvalue weighted by atomic mass is 10.1. The Morgan fingerprint density at radius 2 is 1.80 bits per heavy atom. The number of aryl methyl sites for hydroxylation is 2. The van der Waals surface area contributed by atoms with E-state index in [1.807, 2.05) is 26.0 Å². The Labute approximate surface area is 146 Å². The van der Waals surface area contributed by atoms with Crippen molar-refractivity contribution in [1.82, 2.24) is 20.0 Å². The zero-order valence-corrected chi connectivity index (χ0v) is 15.2. The van der Waals surface area contributed by atoms with Crippen LogP contribution in [0.5, 0.6) is 0 Å². The third-order valence-corrected chi connectivity index (χ3v) is 4.23. The van der Waals surface area contributed by atoms with Gasteiger partial charge in [-0.15, -0.1) is 0 Å². The first-order valence-electron chi connectivity index (χ1n) is 8.31. The van der Waals surface area contributed by atoms with Gasteiger partial charge in [0.25, 0.3) is 5.91 Å². The summed E-state index contributed by atoms with van der Waals surface area (Å²) >= 11 is 0. The van der Waals surface area contributed by atoms with Crippen LogP contribution in [0.25, 0.3) is 11.0 Å². The number of nitrogens with zero attached hydrogens (tertiary/aromatic N) is 4. The van der Waals surface area contributed by atoms with Crippen molar-refractivity contribution in [2.75, 3.05) is 7.05 Å². The molecule has 0 atom stereocenters. The minimum Gasteiger partial charge on any atom is -0.359 e. The fourth-order valence-corrected chi connectivity index (χ4v) is 2.57. The molecule has 0 aliphatic heterocycles. The van der Waals surface area contributed by atoms with Crippen molar-refractivity contribution in [3.8, 4) is 0 Å². The molecule has 1 amide bonds. The van der Waals surface area contributed by atoms with Crippen LogP contribution in [0.2, 0.25) is 0 Å². The van der Waals surface area contributed by atoms with E-state index in [0.717, 1.165) is 28.1 Å². The molecule has 0 aliphatic carbocycles. The number of carbonyl (C=O) groups is 1. The van der Waals surface area contributed by atoms with Crippen LogP contribution in [-0.2, 0) is 6.54 Å². The molecule has 6 nitrogen and oxygen atoms in total. The molecular formula is C19H22N4O2. The number of hydrogen-bond acceptors (Lipinski definition) is 5. The predicted octanol–water partition coefficient (Wildman–Crippen LogP) is 3.63. The van der Waals surface area contributed by atoms with E-state index in [0.29, 0.717) is 23.8 Å². The Kier molecular flexibility index (Phi) is 4.53. The Morgan fingerprint density at radius 1 is 1.12 bits per heavy atom. The maximum absolute atomic E-state index is 12.7. The summed E-state index contributed by atoms with van der Waals surface area (Å²) in [6.07, 6.45) is 0. The van der Waals surface area contributed by atoms with Crippen LogP contribution in [0.3, 0.4) is 0 Å². The first kappa shape index (κ1) is 17.1. The Morgan fingerprint density at radius 3 is 2.44 bits per heavy atom. The summed E-state index contributed by atoms with van der Waals surface area (Å²) in [6, 6.07) is 7.30. The van der Waals surface area contributed by atoms with Crippen molar-refractivity contribution in [3.63, 3.8) is 0 Å². The van der Waals surface area contributed by atoms with E-state index in [-0.39, 0.29) is 5.91 Å². The molecule has 6 heteroatoms. The van der Waals surface area contributed by atoms with Gasteiger partial charge in [0, 0.05) is 18.7 Å². The average molecular weight is 338 g/mol. The van der Waals surface area contributed by atoms with E-state index in [1.165, 1.54) is 0 Å². The van der Waals surface area contributed by atoms with Gasteiger partial charge in [0.05, 0.1) is 34.7 Å². The van der Waals surface area contributed by atoms with Gasteiger partial charge in [0.15, 0.2) is 5.76 Å². The van der Waals surface area contributed by atoms with Gasteiger partial charge in [-0.05, 0) is 38.0 Å².